The molecule has 624 valence electrons. The average Bonchev–Trinajstić information content (AvgIpc) is 0.764. The smallest absolute Gasteiger partial charge is 0.221 e. The van der Waals surface area contributed by atoms with Gasteiger partial charge in [0.15, 0.2) is 0 Å². The molecule has 0 saturated carbocycles. The van der Waals surface area contributed by atoms with Crippen molar-refractivity contribution in [1.29, 1.82) is 0 Å². The molecule has 23 aliphatic heterocycles. The van der Waals surface area contributed by atoms with E-state index in [9.17, 15) is 30.6 Å². The molecule has 18 bridgehead atoms. The minimum Gasteiger partial charge on any atom is -0.493 e. The molecule has 29 heterocycles. The molecule has 0 unspecified atom stereocenters. The summed E-state index contributed by atoms with van der Waals surface area (Å²) in [4.78, 5) is 58.7. The normalized spacial score (nSPS) is 12.0. The van der Waals surface area contributed by atoms with Crippen LogP contribution in [0.15, 0.2) is 212 Å². The van der Waals surface area contributed by atoms with Crippen LogP contribution in [-0.4, -0.2) is 97.8 Å². The van der Waals surface area contributed by atoms with Crippen LogP contribution < -0.4 is 0 Å². The van der Waals surface area contributed by atoms with E-state index in [-0.39, 0.29) is 35.3 Å². The van der Waals surface area contributed by atoms with E-state index >= 15 is 0 Å². The number of hydrogen-bond acceptors (Lipinski definition) is 18. The molecule has 0 saturated heterocycles. The molecule has 23 aliphatic rings. The topological polar surface area (TPSA) is 273 Å². The second-order valence-corrected chi connectivity index (χ2v) is 33.5. The quantitative estimate of drug-likeness (QED) is 0.0907. The third kappa shape index (κ3) is 17.0. The molecule has 0 radical (unpaired) electrons. The Morgan fingerprint density at radius 3 is 0.381 bits per heavy atom. The largest absolute Gasteiger partial charge is 0.493 e. The van der Waals surface area contributed by atoms with E-state index in [2.05, 4.69) is 72.8 Å². The van der Waals surface area contributed by atoms with Crippen molar-refractivity contribution in [1.82, 2.24) is 29.9 Å². The lowest BCUT2D eigenvalue weighted by Gasteiger charge is -2.18. The number of aromatic hydroxyl groups is 6. The maximum absolute atomic E-state index is 12.4. The van der Waals surface area contributed by atoms with Gasteiger partial charge < -0.3 is 30.6 Å². The minimum absolute atomic E-state index is 0.296. The fraction of sp³-hybridized carbons (Fsp3) is 0.167. The van der Waals surface area contributed by atoms with Crippen molar-refractivity contribution in [2.45, 2.75) is 125 Å². The van der Waals surface area contributed by atoms with Gasteiger partial charge in [-0.15, -0.1) is 0 Å². The van der Waals surface area contributed by atoms with E-state index in [1.807, 2.05) is 234 Å². The summed E-state index contributed by atoms with van der Waals surface area (Å²) in [5, 5.41) is 74.5. The predicted octanol–water partition coefficient (Wildman–Crippen LogP) is 25.7. The first-order chi connectivity index (χ1) is 60.3. The van der Waals surface area contributed by atoms with Crippen molar-refractivity contribution in [3.8, 4) is 136 Å². The average molecular weight is 1660 g/mol. The van der Waals surface area contributed by atoms with Gasteiger partial charge in [0.2, 0.25) is 35.3 Å². The van der Waals surface area contributed by atoms with Crippen molar-refractivity contribution in [3.63, 3.8) is 0 Å². The summed E-state index contributed by atoms with van der Waals surface area (Å²) in [5.74, 6) is -1.88. The number of hydrogen-bond donors (Lipinski definition) is 6. The van der Waals surface area contributed by atoms with Crippen molar-refractivity contribution in [3.05, 3.63) is 316 Å². The van der Waals surface area contributed by atoms with E-state index in [0.29, 0.717) is 135 Å². The molecule has 0 spiro atoms. The SMILES string of the molecule is Cc1cc(C)c(-c2cc3nc(O)c2C=Nc2ccc(cc2)N=Cc2c(-c4c(C)cc(C)cc4C)cc(nc2O)-c2cc(-c4c(C)cc(C)cc4C)c(c(O)n2)C=Nc2ccc(cc2)N=Cc2c(-c4c(C)cc(C)cc4C)cc(nc2O)-c2cc(-c4c(C)cc(C)cc4C)c(c(O)n2)C=Nc2ccc(cc2)N=Cc2c(-c4c(C)cc(C)cc4C)cc-3nc2O)c(C)c1. The van der Waals surface area contributed by atoms with E-state index in [4.69, 9.17) is 59.9 Å². The van der Waals surface area contributed by atoms with Crippen LogP contribution >= 0.6 is 0 Å². The maximum Gasteiger partial charge on any atom is 0.221 e. The molecule has 18 heteroatoms. The van der Waals surface area contributed by atoms with Crippen LogP contribution in [0.3, 0.4) is 0 Å². The molecular weight excluding hydrogens is 1560 g/mol. The van der Waals surface area contributed by atoms with Crippen LogP contribution in [0.4, 0.5) is 34.1 Å². The number of aliphatic imine (C=N–C) groups is 6. The van der Waals surface area contributed by atoms with E-state index in [1.165, 1.54) is 0 Å². The molecule has 126 heavy (non-hydrogen) atoms. The number of benzene rings is 9. The van der Waals surface area contributed by atoms with Crippen molar-refractivity contribution in [2.24, 2.45) is 30.0 Å². The molecule has 0 amide bonds. The highest BCUT2D eigenvalue weighted by atomic mass is 16.3. The van der Waals surface area contributed by atoms with Crippen LogP contribution in [0.1, 0.15) is 134 Å². The number of pyridine rings is 6. The van der Waals surface area contributed by atoms with Gasteiger partial charge in [0, 0.05) is 37.3 Å². The Balaban J connectivity index is 0.867. The summed E-state index contributed by atoms with van der Waals surface area (Å²) in [6, 6.07) is 58.2. The molecule has 9 aromatic carbocycles. The van der Waals surface area contributed by atoms with Gasteiger partial charge in [-0.2, -0.15) is 0 Å². The Morgan fingerprint density at radius 1 is 0.159 bits per heavy atom. The Hall–Kier alpha value is -15.3. The second-order valence-electron chi connectivity index (χ2n) is 33.5. The Kier molecular flexibility index (Phi) is 22.9. The fourth-order valence-electron chi connectivity index (χ4n) is 18.4. The zero-order valence-corrected chi connectivity index (χ0v) is 73.8. The highest BCUT2D eigenvalue weighted by molar-refractivity contribution is 6.03. The van der Waals surface area contributed by atoms with Crippen molar-refractivity contribution >= 4 is 71.4 Å². The molecule has 0 atom stereocenters. The first-order valence-corrected chi connectivity index (χ1v) is 41.8. The van der Waals surface area contributed by atoms with Gasteiger partial charge in [0.05, 0.1) is 102 Å². The highest BCUT2D eigenvalue weighted by Crippen LogP contribution is 2.47. The van der Waals surface area contributed by atoms with Gasteiger partial charge >= 0.3 is 0 Å². The maximum atomic E-state index is 12.4. The van der Waals surface area contributed by atoms with Crippen LogP contribution in [0.2, 0.25) is 0 Å². The van der Waals surface area contributed by atoms with Crippen LogP contribution in [0, 0.1) is 125 Å². The van der Waals surface area contributed by atoms with E-state index in [0.717, 1.165) is 134 Å². The number of aromatic nitrogens is 6. The lowest BCUT2D eigenvalue weighted by atomic mass is 9.89. The van der Waals surface area contributed by atoms with Crippen LogP contribution in [0.5, 0.6) is 35.3 Å². The van der Waals surface area contributed by atoms with Gasteiger partial charge in [-0.3, -0.25) is 30.0 Å². The van der Waals surface area contributed by atoms with E-state index < -0.39 is 0 Å². The summed E-state index contributed by atoms with van der Waals surface area (Å²) in [6.45, 7) is 36.7. The van der Waals surface area contributed by atoms with Gasteiger partial charge in [-0.1, -0.05) is 106 Å². The van der Waals surface area contributed by atoms with Gasteiger partial charge in [-0.05, 0) is 367 Å². The number of aryl methyl sites for hydroxylation is 18. The molecule has 0 fully saturated rings. The third-order valence-corrected chi connectivity index (χ3v) is 23.3. The third-order valence-electron chi connectivity index (χ3n) is 23.3. The van der Waals surface area contributed by atoms with Gasteiger partial charge in [0.25, 0.3) is 0 Å². The lowest BCUT2D eigenvalue weighted by Crippen LogP contribution is -2.02. The van der Waals surface area contributed by atoms with Crippen LogP contribution in [-0.2, 0) is 0 Å². The molecular formula is C108H96N12O6. The minimum atomic E-state index is -0.313. The van der Waals surface area contributed by atoms with Gasteiger partial charge in [0.1, 0.15) is 0 Å². The summed E-state index contributed by atoms with van der Waals surface area (Å²) >= 11 is 0. The van der Waals surface area contributed by atoms with E-state index in [1.54, 1.807) is 37.3 Å². The van der Waals surface area contributed by atoms with Crippen molar-refractivity contribution in [2.75, 3.05) is 0 Å². The summed E-state index contributed by atoms with van der Waals surface area (Å²) in [6.07, 6.45) is 9.63. The second kappa shape index (κ2) is 34.2. The Labute approximate surface area is 733 Å². The Morgan fingerprint density at radius 2 is 0.270 bits per heavy atom. The molecule has 0 aliphatic carbocycles. The number of nitrogens with zero attached hydrogens (tertiary/aromatic N) is 12. The lowest BCUT2D eigenvalue weighted by molar-refractivity contribution is 0.450. The molecule has 6 N–H and O–H groups in total. The zero-order valence-electron chi connectivity index (χ0n) is 73.8. The number of rotatable bonds is 6. The molecule has 38 rings (SSSR count). The summed E-state index contributed by atoms with van der Waals surface area (Å²) < 4.78 is 0. The first-order valence-electron chi connectivity index (χ1n) is 41.8. The summed E-state index contributed by atoms with van der Waals surface area (Å²) in [5.41, 5.74) is 34.1. The standard InChI is InChI=1S/C108H96N12O6/c1-55-31-61(7)97(62(8)32-55)79-43-91-92-44-80(98-63(9)33-56(2)34-64(98)10)86(104(122)116-92)50-110-75-23-25-76(26-24-75)112-52-88-83(101-69(15)39-59(5)40-70(101)16)47-95(119-106(88)124)96-48-84(102-71(17)41-60(6)42-72(102)18)90(108(126)120-96)54-114-78-29-27-77(28-30-78)113-53-89-82(100-67(13)37-58(4)38-68(100)14)46-94(118-107(89)125)93-45-81(99-65(11)35-57(3)36-66(99)12)87(105(123)117-93)51-111-74-21-19-73(20-22-74)109-49-85(79)103(121)115-91/h19-54H,1-18H3,(H,115,121)(H,116,122)(H,117,123)(H,118,125)(H,119,124)(H,120,126). The van der Waals surface area contributed by atoms with Crippen molar-refractivity contribution < 1.29 is 30.6 Å². The molecule has 6 aromatic heterocycles. The fourth-order valence-corrected chi connectivity index (χ4v) is 18.4. The predicted molar refractivity (Wildman–Crippen MR) is 513 cm³/mol. The van der Waals surface area contributed by atoms with Crippen LogP contribution in [0.25, 0.3) is 101 Å². The van der Waals surface area contributed by atoms with Gasteiger partial charge in [-0.25, -0.2) is 29.9 Å². The first kappa shape index (κ1) is 84.3. The molecule has 15 aromatic rings. The zero-order chi connectivity index (χ0) is 89.1. The summed E-state index contributed by atoms with van der Waals surface area (Å²) in [7, 11) is 0. The molecule has 18 nitrogen and oxygen atoms in total. The monoisotopic (exact) mass is 1660 g/mol. The Bertz CT molecular complexity index is 5970. The highest BCUT2D eigenvalue weighted by Gasteiger charge is 2.28.